The van der Waals surface area contributed by atoms with Crippen LogP contribution in [0.4, 0.5) is 10.5 Å². The maximum atomic E-state index is 12.9. The fourth-order valence-corrected chi connectivity index (χ4v) is 3.35. The van der Waals surface area contributed by atoms with Crippen LogP contribution in [0, 0.1) is 6.92 Å². The van der Waals surface area contributed by atoms with Gasteiger partial charge in [0, 0.05) is 37.0 Å². The summed E-state index contributed by atoms with van der Waals surface area (Å²) in [5.41, 5.74) is 3.77. The van der Waals surface area contributed by atoms with E-state index in [2.05, 4.69) is 20.3 Å². The topological polar surface area (TPSA) is 113 Å². The number of H-pyrrole nitrogens is 1. The summed E-state index contributed by atoms with van der Waals surface area (Å²) in [7, 11) is 0. The number of carbonyl (C=O) groups is 1. The Morgan fingerprint density at radius 1 is 1.26 bits per heavy atom. The summed E-state index contributed by atoms with van der Waals surface area (Å²) in [6.07, 6.45) is 5.39. The fraction of sp³-hybridized carbons (Fsp3) is 0.318. The maximum absolute atomic E-state index is 12.9. The van der Waals surface area contributed by atoms with Gasteiger partial charge in [0.2, 0.25) is 11.4 Å². The van der Waals surface area contributed by atoms with E-state index in [1.807, 2.05) is 26.8 Å². The second-order valence-electron chi connectivity index (χ2n) is 7.68. The standard InChI is InChI=1S/C22H24N6O3/c1-13(2)31-21-16-12-28(22(30)26-18-11-23-8-6-14(18)3)9-7-17(16)25-20(27-21)15-4-5-19(29)24-10-15/h4-6,8,10-11,13H,7,9,12H2,1-3H3,(H,24,29)(H,26,30). The Bertz CT molecular complexity index is 1150. The first-order valence-corrected chi connectivity index (χ1v) is 10.1. The minimum Gasteiger partial charge on any atom is -0.475 e. The molecule has 0 bridgehead atoms. The molecular weight excluding hydrogens is 396 g/mol. The molecule has 2 N–H and O–H groups in total. The first-order valence-electron chi connectivity index (χ1n) is 10.1. The van der Waals surface area contributed by atoms with Gasteiger partial charge in [-0.25, -0.2) is 9.78 Å². The van der Waals surface area contributed by atoms with Crippen LogP contribution >= 0.6 is 0 Å². The van der Waals surface area contributed by atoms with Gasteiger partial charge < -0.3 is 19.9 Å². The van der Waals surface area contributed by atoms with Crippen LogP contribution in [0.2, 0.25) is 0 Å². The van der Waals surface area contributed by atoms with E-state index in [-0.39, 0.29) is 17.7 Å². The summed E-state index contributed by atoms with van der Waals surface area (Å²) >= 11 is 0. The Balaban J connectivity index is 1.63. The minimum absolute atomic E-state index is 0.0929. The van der Waals surface area contributed by atoms with Crippen molar-refractivity contribution in [2.45, 2.75) is 39.8 Å². The zero-order chi connectivity index (χ0) is 22.0. The lowest BCUT2D eigenvalue weighted by atomic mass is 10.1. The van der Waals surface area contributed by atoms with Crippen LogP contribution < -0.4 is 15.6 Å². The molecule has 160 valence electrons. The highest BCUT2D eigenvalue weighted by Crippen LogP contribution is 2.29. The third kappa shape index (κ3) is 4.55. The molecule has 0 unspecified atom stereocenters. The van der Waals surface area contributed by atoms with Crippen LogP contribution in [0.15, 0.2) is 41.6 Å². The Hall–Kier alpha value is -3.75. The summed E-state index contributed by atoms with van der Waals surface area (Å²) in [6.45, 7) is 6.62. The number of fused-ring (bicyclic) bond motifs is 1. The second kappa shape index (κ2) is 8.55. The van der Waals surface area contributed by atoms with Gasteiger partial charge in [-0.15, -0.1) is 0 Å². The molecule has 31 heavy (non-hydrogen) atoms. The van der Waals surface area contributed by atoms with Gasteiger partial charge in [-0.2, -0.15) is 4.98 Å². The number of aromatic nitrogens is 4. The zero-order valence-electron chi connectivity index (χ0n) is 17.7. The molecule has 2 amide bonds. The van der Waals surface area contributed by atoms with Crippen molar-refractivity contribution in [3.05, 3.63) is 64.0 Å². The number of carbonyl (C=O) groups excluding carboxylic acids is 1. The Kier molecular flexibility index (Phi) is 5.66. The summed E-state index contributed by atoms with van der Waals surface area (Å²) in [5, 5.41) is 2.92. The van der Waals surface area contributed by atoms with E-state index in [4.69, 9.17) is 9.72 Å². The molecule has 4 heterocycles. The number of nitrogens with one attached hydrogen (secondary N) is 2. The number of nitrogens with zero attached hydrogens (tertiary/aromatic N) is 4. The van der Waals surface area contributed by atoms with Crippen molar-refractivity contribution in [3.8, 4) is 17.3 Å². The van der Waals surface area contributed by atoms with E-state index < -0.39 is 0 Å². The molecule has 1 aliphatic heterocycles. The molecule has 0 aliphatic carbocycles. The third-order valence-corrected chi connectivity index (χ3v) is 4.98. The Morgan fingerprint density at radius 2 is 2.10 bits per heavy atom. The number of hydrogen-bond donors (Lipinski definition) is 2. The van der Waals surface area contributed by atoms with Crippen LogP contribution in [-0.2, 0) is 13.0 Å². The monoisotopic (exact) mass is 420 g/mol. The van der Waals surface area contributed by atoms with E-state index in [0.29, 0.717) is 42.5 Å². The number of urea groups is 1. The van der Waals surface area contributed by atoms with Crippen molar-refractivity contribution in [3.63, 3.8) is 0 Å². The van der Waals surface area contributed by atoms with Crippen LogP contribution in [0.1, 0.15) is 30.7 Å². The van der Waals surface area contributed by atoms with Crippen molar-refractivity contribution in [2.75, 3.05) is 11.9 Å². The molecule has 3 aromatic rings. The van der Waals surface area contributed by atoms with Gasteiger partial charge in [-0.1, -0.05) is 0 Å². The average Bonchev–Trinajstić information content (AvgIpc) is 2.75. The summed E-state index contributed by atoms with van der Waals surface area (Å²) in [5.74, 6) is 0.936. The van der Waals surface area contributed by atoms with E-state index in [9.17, 15) is 9.59 Å². The molecule has 0 radical (unpaired) electrons. The van der Waals surface area contributed by atoms with Gasteiger partial charge in [0.1, 0.15) is 0 Å². The van der Waals surface area contributed by atoms with Gasteiger partial charge in [-0.05, 0) is 38.5 Å². The van der Waals surface area contributed by atoms with E-state index >= 15 is 0 Å². The minimum atomic E-state index is -0.207. The molecule has 0 saturated carbocycles. The average molecular weight is 420 g/mol. The normalized spacial score (nSPS) is 13.1. The quantitative estimate of drug-likeness (QED) is 0.671. The molecule has 4 rings (SSSR count). The smallest absolute Gasteiger partial charge is 0.322 e. The predicted molar refractivity (Wildman–Crippen MR) is 116 cm³/mol. The van der Waals surface area contributed by atoms with Crippen LogP contribution in [0.3, 0.4) is 0 Å². The molecular formula is C22H24N6O3. The molecule has 3 aromatic heterocycles. The van der Waals surface area contributed by atoms with Gasteiger partial charge >= 0.3 is 6.03 Å². The SMILES string of the molecule is Cc1ccncc1NC(=O)N1CCc2nc(-c3ccc(=O)[nH]c3)nc(OC(C)C)c2C1. The third-order valence-electron chi connectivity index (χ3n) is 4.98. The number of amides is 2. The van der Waals surface area contributed by atoms with Crippen molar-refractivity contribution in [1.82, 2.24) is 24.8 Å². The number of rotatable bonds is 4. The number of hydrogen-bond acceptors (Lipinski definition) is 6. The molecule has 9 heteroatoms. The molecule has 1 aliphatic rings. The summed E-state index contributed by atoms with van der Waals surface area (Å²) in [4.78, 5) is 42.0. The first kappa shape index (κ1) is 20.5. The maximum Gasteiger partial charge on any atom is 0.322 e. The molecule has 0 aromatic carbocycles. The lowest BCUT2D eigenvalue weighted by molar-refractivity contribution is 0.198. The van der Waals surface area contributed by atoms with Gasteiger partial charge in [-0.3, -0.25) is 9.78 Å². The van der Waals surface area contributed by atoms with Gasteiger partial charge in [0.15, 0.2) is 5.82 Å². The lowest BCUT2D eigenvalue weighted by Gasteiger charge is -2.30. The number of anilines is 1. The van der Waals surface area contributed by atoms with E-state index in [1.165, 1.54) is 6.07 Å². The fourth-order valence-electron chi connectivity index (χ4n) is 3.35. The van der Waals surface area contributed by atoms with Crippen molar-refractivity contribution < 1.29 is 9.53 Å². The van der Waals surface area contributed by atoms with E-state index in [0.717, 1.165) is 16.8 Å². The zero-order valence-corrected chi connectivity index (χ0v) is 17.7. The predicted octanol–water partition coefficient (Wildman–Crippen LogP) is 2.91. The number of pyridine rings is 2. The molecule has 9 nitrogen and oxygen atoms in total. The van der Waals surface area contributed by atoms with Crippen molar-refractivity contribution in [1.29, 1.82) is 0 Å². The van der Waals surface area contributed by atoms with Crippen LogP contribution in [0.25, 0.3) is 11.4 Å². The highest BCUT2D eigenvalue weighted by Gasteiger charge is 2.27. The highest BCUT2D eigenvalue weighted by atomic mass is 16.5. The molecule has 0 atom stereocenters. The molecule has 0 fully saturated rings. The van der Waals surface area contributed by atoms with E-state index in [1.54, 1.807) is 29.6 Å². The Labute approximate surface area is 179 Å². The highest BCUT2D eigenvalue weighted by molar-refractivity contribution is 5.90. The van der Waals surface area contributed by atoms with Crippen molar-refractivity contribution in [2.24, 2.45) is 0 Å². The number of aryl methyl sites for hydroxylation is 1. The van der Waals surface area contributed by atoms with Gasteiger partial charge in [0.05, 0.1) is 35.8 Å². The van der Waals surface area contributed by atoms with Gasteiger partial charge in [0.25, 0.3) is 0 Å². The summed E-state index contributed by atoms with van der Waals surface area (Å²) < 4.78 is 5.97. The summed E-state index contributed by atoms with van der Waals surface area (Å²) in [6, 6.07) is 4.76. The number of ether oxygens (including phenoxy) is 1. The van der Waals surface area contributed by atoms with Crippen LogP contribution in [0.5, 0.6) is 5.88 Å². The molecule has 0 saturated heterocycles. The largest absolute Gasteiger partial charge is 0.475 e. The Morgan fingerprint density at radius 3 is 2.81 bits per heavy atom. The van der Waals surface area contributed by atoms with Crippen LogP contribution in [-0.4, -0.2) is 43.5 Å². The lowest BCUT2D eigenvalue weighted by Crippen LogP contribution is -2.39. The number of aromatic amines is 1. The van der Waals surface area contributed by atoms with Crippen molar-refractivity contribution >= 4 is 11.7 Å². The molecule has 0 spiro atoms. The second-order valence-corrected chi connectivity index (χ2v) is 7.68. The first-order chi connectivity index (χ1) is 14.9.